The second-order valence-corrected chi connectivity index (χ2v) is 11.0. The fraction of sp³-hybridized carbons (Fsp3) is 0.424. The highest BCUT2D eigenvalue weighted by Crippen LogP contribution is 2.40. The van der Waals surface area contributed by atoms with Gasteiger partial charge in [0.05, 0.1) is 50.7 Å². The van der Waals surface area contributed by atoms with Gasteiger partial charge in [-0.15, -0.1) is 0 Å². The van der Waals surface area contributed by atoms with E-state index in [0.717, 1.165) is 59.8 Å². The van der Waals surface area contributed by atoms with E-state index in [2.05, 4.69) is 22.8 Å². The molecule has 212 valence electrons. The van der Waals surface area contributed by atoms with E-state index in [4.69, 9.17) is 18.9 Å². The lowest BCUT2D eigenvalue weighted by molar-refractivity contribution is -0.119. The average Bonchev–Trinajstić information content (AvgIpc) is 3.22. The molecule has 7 nitrogen and oxygen atoms in total. The molecule has 0 spiro atoms. The summed E-state index contributed by atoms with van der Waals surface area (Å²) in [4.78, 5) is 12.5. The molecule has 0 saturated carbocycles. The molecule has 7 heteroatoms. The largest absolute Gasteiger partial charge is 0.496 e. The van der Waals surface area contributed by atoms with Crippen LogP contribution in [0, 0.1) is 0 Å². The van der Waals surface area contributed by atoms with E-state index in [-0.39, 0.29) is 12.0 Å². The minimum Gasteiger partial charge on any atom is -0.496 e. The first kappa shape index (κ1) is 28.1. The summed E-state index contributed by atoms with van der Waals surface area (Å²) in [5.41, 5.74) is 4.75. The Bertz CT molecular complexity index is 1290. The number of para-hydroxylation sites is 2. The van der Waals surface area contributed by atoms with Gasteiger partial charge in [-0.3, -0.25) is 4.79 Å². The standard InChI is InChI=1S/C33H40N2O5/c1-33(2)28-10-6-9-25(31(28)35-32(33)36)22-40-30-20-34-17-16-27(30)23-12-14-26(15-13-23)39-19-7-18-38-21-24-8-4-5-11-29(24)37-3/h4-6,8-15,27,30,34H,7,16-22H2,1-3H3,(H,35,36). The topological polar surface area (TPSA) is 78.1 Å². The molecule has 2 aliphatic rings. The minimum atomic E-state index is -0.520. The molecular formula is C33H40N2O5. The summed E-state index contributed by atoms with van der Waals surface area (Å²) in [6.07, 6.45) is 1.86. The summed E-state index contributed by atoms with van der Waals surface area (Å²) in [6, 6.07) is 22.4. The van der Waals surface area contributed by atoms with Gasteiger partial charge in [0.2, 0.25) is 5.91 Å². The molecule has 1 amide bonds. The van der Waals surface area contributed by atoms with E-state index >= 15 is 0 Å². The predicted octanol–water partition coefficient (Wildman–Crippen LogP) is 5.57. The van der Waals surface area contributed by atoms with Crippen LogP contribution in [0.1, 0.15) is 54.9 Å². The molecule has 0 aromatic heterocycles. The molecule has 0 radical (unpaired) electrons. The number of anilines is 1. The van der Waals surface area contributed by atoms with Crippen LogP contribution in [0.3, 0.4) is 0 Å². The van der Waals surface area contributed by atoms with Crippen LogP contribution in [0.2, 0.25) is 0 Å². The Balaban J connectivity index is 1.10. The van der Waals surface area contributed by atoms with Crippen molar-refractivity contribution in [3.63, 3.8) is 0 Å². The number of hydrogen-bond acceptors (Lipinski definition) is 6. The SMILES string of the molecule is COc1ccccc1COCCCOc1ccc(C2CCNCC2OCc2cccc3c2NC(=O)C3(C)C)cc1. The number of ether oxygens (including phenoxy) is 4. The van der Waals surface area contributed by atoms with Crippen LogP contribution >= 0.6 is 0 Å². The number of rotatable bonds is 12. The zero-order chi connectivity index (χ0) is 28.0. The second-order valence-electron chi connectivity index (χ2n) is 11.0. The number of benzene rings is 3. The molecule has 2 unspecified atom stereocenters. The van der Waals surface area contributed by atoms with Gasteiger partial charge in [-0.05, 0) is 56.1 Å². The molecule has 2 atom stereocenters. The number of carbonyl (C=O) groups is 1. The van der Waals surface area contributed by atoms with Crippen LogP contribution in [0.25, 0.3) is 0 Å². The van der Waals surface area contributed by atoms with Crippen molar-refractivity contribution in [3.05, 3.63) is 89.0 Å². The highest BCUT2D eigenvalue weighted by molar-refractivity contribution is 6.06. The molecule has 1 saturated heterocycles. The minimum absolute atomic E-state index is 0.0369. The summed E-state index contributed by atoms with van der Waals surface area (Å²) >= 11 is 0. The van der Waals surface area contributed by atoms with Crippen LogP contribution < -0.4 is 20.1 Å². The van der Waals surface area contributed by atoms with Crippen LogP contribution in [-0.4, -0.2) is 45.4 Å². The van der Waals surface area contributed by atoms with E-state index in [0.29, 0.717) is 32.3 Å². The van der Waals surface area contributed by atoms with Crippen LogP contribution in [-0.2, 0) is 32.9 Å². The summed E-state index contributed by atoms with van der Waals surface area (Å²) < 4.78 is 23.6. The normalized spacial score (nSPS) is 19.6. The number of nitrogens with one attached hydrogen (secondary N) is 2. The second kappa shape index (κ2) is 12.9. The smallest absolute Gasteiger partial charge is 0.234 e. The summed E-state index contributed by atoms with van der Waals surface area (Å²) in [6.45, 7) is 7.89. The van der Waals surface area contributed by atoms with Crippen molar-refractivity contribution in [1.82, 2.24) is 5.32 Å². The zero-order valence-electron chi connectivity index (χ0n) is 23.7. The molecule has 0 aliphatic carbocycles. The van der Waals surface area contributed by atoms with Crippen LogP contribution in [0.5, 0.6) is 11.5 Å². The maximum Gasteiger partial charge on any atom is 0.234 e. The Morgan fingerprint density at radius 2 is 1.73 bits per heavy atom. The molecule has 2 N–H and O–H groups in total. The lowest BCUT2D eigenvalue weighted by atomic mass is 9.85. The Labute approximate surface area is 237 Å². The zero-order valence-corrected chi connectivity index (χ0v) is 23.7. The van der Waals surface area contributed by atoms with Gasteiger partial charge in [0.15, 0.2) is 0 Å². The quantitative estimate of drug-likeness (QED) is 0.290. The van der Waals surface area contributed by atoms with Gasteiger partial charge < -0.3 is 29.6 Å². The van der Waals surface area contributed by atoms with Gasteiger partial charge in [-0.1, -0.05) is 48.5 Å². The number of methoxy groups -OCH3 is 1. The van der Waals surface area contributed by atoms with Crippen molar-refractivity contribution < 1.29 is 23.7 Å². The van der Waals surface area contributed by atoms with Gasteiger partial charge in [0, 0.05) is 30.0 Å². The van der Waals surface area contributed by atoms with E-state index < -0.39 is 5.41 Å². The molecule has 1 fully saturated rings. The van der Waals surface area contributed by atoms with Gasteiger partial charge in [0.1, 0.15) is 11.5 Å². The number of piperidine rings is 1. The molecular weight excluding hydrogens is 504 g/mol. The highest BCUT2D eigenvalue weighted by atomic mass is 16.5. The third-order valence-electron chi connectivity index (χ3n) is 7.97. The summed E-state index contributed by atoms with van der Waals surface area (Å²) in [5, 5.41) is 6.55. The Morgan fingerprint density at radius 3 is 2.55 bits per heavy atom. The number of fused-ring (bicyclic) bond motifs is 1. The van der Waals surface area contributed by atoms with E-state index in [9.17, 15) is 4.79 Å². The maximum atomic E-state index is 12.5. The molecule has 5 rings (SSSR count). The third-order valence-corrected chi connectivity index (χ3v) is 7.97. The van der Waals surface area contributed by atoms with Gasteiger partial charge in [0.25, 0.3) is 0 Å². The van der Waals surface area contributed by atoms with Gasteiger partial charge in [-0.25, -0.2) is 0 Å². The fourth-order valence-corrected chi connectivity index (χ4v) is 5.53. The van der Waals surface area contributed by atoms with Crippen molar-refractivity contribution in [1.29, 1.82) is 0 Å². The first-order valence-corrected chi connectivity index (χ1v) is 14.2. The van der Waals surface area contributed by atoms with E-state index in [1.807, 2.05) is 68.4 Å². The third kappa shape index (κ3) is 6.33. The molecule has 3 aromatic rings. The van der Waals surface area contributed by atoms with Crippen molar-refractivity contribution in [2.45, 2.75) is 57.3 Å². The maximum absolute atomic E-state index is 12.5. The molecule has 2 heterocycles. The fourth-order valence-electron chi connectivity index (χ4n) is 5.53. The van der Waals surface area contributed by atoms with E-state index in [1.165, 1.54) is 5.56 Å². The van der Waals surface area contributed by atoms with E-state index in [1.54, 1.807) is 7.11 Å². The number of amides is 1. The van der Waals surface area contributed by atoms with Gasteiger partial charge >= 0.3 is 0 Å². The molecule has 0 bridgehead atoms. The monoisotopic (exact) mass is 544 g/mol. The first-order valence-electron chi connectivity index (χ1n) is 14.2. The molecule has 3 aromatic carbocycles. The summed E-state index contributed by atoms with van der Waals surface area (Å²) in [5.74, 6) is 2.04. The Hall–Kier alpha value is -3.39. The Morgan fingerprint density at radius 1 is 0.925 bits per heavy atom. The lowest BCUT2D eigenvalue weighted by Crippen LogP contribution is -2.41. The van der Waals surface area contributed by atoms with Crippen LogP contribution in [0.15, 0.2) is 66.7 Å². The van der Waals surface area contributed by atoms with Crippen molar-refractivity contribution in [2.75, 3.05) is 38.7 Å². The van der Waals surface area contributed by atoms with Gasteiger partial charge in [-0.2, -0.15) is 0 Å². The first-order chi connectivity index (χ1) is 19.5. The predicted molar refractivity (Wildman–Crippen MR) is 156 cm³/mol. The highest BCUT2D eigenvalue weighted by Gasteiger charge is 2.39. The Kier molecular flexibility index (Phi) is 9.04. The average molecular weight is 545 g/mol. The summed E-state index contributed by atoms with van der Waals surface area (Å²) in [7, 11) is 1.67. The lowest BCUT2D eigenvalue weighted by Gasteiger charge is -2.33. The molecule has 2 aliphatic heterocycles. The molecule has 40 heavy (non-hydrogen) atoms. The van der Waals surface area contributed by atoms with Crippen molar-refractivity contribution in [3.8, 4) is 11.5 Å². The van der Waals surface area contributed by atoms with Crippen molar-refractivity contribution in [2.24, 2.45) is 0 Å². The number of carbonyl (C=O) groups excluding carboxylic acids is 1. The van der Waals surface area contributed by atoms with Crippen molar-refractivity contribution >= 4 is 11.6 Å². The number of hydrogen-bond donors (Lipinski definition) is 2. The van der Waals surface area contributed by atoms with Crippen LogP contribution in [0.4, 0.5) is 5.69 Å².